The highest BCUT2D eigenvalue weighted by atomic mass is 16.7. The van der Waals surface area contributed by atoms with Gasteiger partial charge in [-0.15, -0.1) is 0 Å². The van der Waals surface area contributed by atoms with Crippen LogP contribution in [0.1, 0.15) is 73.1 Å². The molecule has 0 aliphatic carbocycles. The van der Waals surface area contributed by atoms with E-state index in [0.717, 1.165) is 25.7 Å². The van der Waals surface area contributed by atoms with Crippen LogP contribution in [-0.2, 0) is 38.0 Å². The van der Waals surface area contributed by atoms with E-state index < -0.39 is 24.3 Å². The largest absolute Gasteiger partial charge is 0.390 e. The molecular formula is C29H46O9. The zero-order valence-corrected chi connectivity index (χ0v) is 23.5. The number of fused-ring (bicyclic) bond motifs is 4. The van der Waals surface area contributed by atoms with Crippen LogP contribution in [0.2, 0.25) is 0 Å². The normalized spacial score (nSPS) is 55.0. The molecule has 38 heavy (non-hydrogen) atoms. The van der Waals surface area contributed by atoms with Gasteiger partial charge < -0.3 is 38.3 Å². The number of hydrogen-bond donors (Lipinski definition) is 1. The van der Waals surface area contributed by atoms with Crippen molar-refractivity contribution in [2.75, 3.05) is 13.2 Å². The highest BCUT2D eigenvalue weighted by Gasteiger charge is 2.60. The number of hydrogen-bond acceptors (Lipinski definition) is 9. The molecule has 0 aromatic heterocycles. The van der Waals surface area contributed by atoms with E-state index in [4.69, 9.17) is 33.2 Å². The Hall–Kier alpha value is -0.650. The first kappa shape index (κ1) is 27.5. The zero-order valence-electron chi connectivity index (χ0n) is 23.5. The summed E-state index contributed by atoms with van der Waals surface area (Å²) in [6, 6.07) is 0. The van der Waals surface area contributed by atoms with Gasteiger partial charge in [0.1, 0.15) is 18.0 Å². The molecule has 6 aliphatic rings. The zero-order chi connectivity index (χ0) is 26.8. The fraction of sp³-hybridized carbons (Fsp3) is 0.966. The topological polar surface area (TPSA) is 102 Å². The van der Waals surface area contributed by atoms with Crippen LogP contribution in [0.25, 0.3) is 0 Å². The van der Waals surface area contributed by atoms with E-state index in [1.54, 1.807) is 6.92 Å². The van der Waals surface area contributed by atoms with Gasteiger partial charge in [0.25, 0.3) is 0 Å². The average Bonchev–Trinajstić information content (AvgIpc) is 3.31. The molecular weight excluding hydrogens is 492 g/mol. The molecule has 9 nitrogen and oxygen atoms in total. The van der Waals surface area contributed by atoms with Crippen molar-refractivity contribution in [3.63, 3.8) is 0 Å². The van der Waals surface area contributed by atoms with Crippen LogP contribution in [0.15, 0.2) is 0 Å². The van der Waals surface area contributed by atoms with Gasteiger partial charge in [0, 0.05) is 24.7 Å². The van der Waals surface area contributed by atoms with Gasteiger partial charge in [-0.25, -0.2) is 0 Å². The molecule has 3 unspecified atom stereocenters. The lowest BCUT2D eigenvalue weighted by molar-refractivity contribution is -0.339. The summed E-state index contributed by atoms with van der Waals surface area (Å²) in [5.41, 5.74) is 0. The molecule has 216 valence electrons. The number of carbonyl (C=O) groups excluding carboxylic acids is 1. The van der Waals surface area contributed by atoms with Gasteiger partial charge in [0.05, 0.1) is 62.4 Å². The second-order valence-corrected chi connectivity index (χ2v) is 13.0. The van der Waals surface area contributed by atoms with Crippen LogP contribution in [0, 0.1) is 23.7 Å². The van der Waals surface area contributed by atoms with Crippen molar-refractivity contribution < 1.29 is 43.1 Å². The summed E-state index contributed by atoms with van der Waals surface area (Å²) < 4.78 is 45.1. The van der Waals surface area contributed by atoms with E-state index in [0.29, 0.717) is 25.6 Å². The third-order valence-corrected chi connectivity index (χ3v) is 10.2. The van der Waals surface area contributed by atoms with Crippen molar-refractivity contribution >= 4 is 5.78 Å². The first-order valence-electron chi connectivity index (χ1n) is 14.9. The molecule has 15 atom stereocenters. The molecule has 0 aromatic rings. The lowest BCUT2D eigenvalue weighted by Gasteiger charge is -2.51. The Kier molecular flexibility index (Phi) is 7.70. The van der Waals surface area contributed by atoms with Crippen LogP contribution in [0.4, 0.5) is 0 Å². The Labute approximate surface area is 226 Å². The van der Waals surface area contributed by atoms with Gasteiger partial charge in [-0.05, 0) is 38.0 Å². The fourth-order valence-electron chi connectivity index (χ4n) is 7.90. The monoisotopic (exact) mass is 538 g/mol. The van der Waals surface area contributed by atoms with E-state index in [-0.39, 0.29) is 72.7 Å². The Balaban J connectivity index is 1.21. The van der Waals surface area contributed by atoms with Crippen LogP contribution in [-0.4, -0.2) is 91.1 Å². The highest BCUT2D eigenvalue weighted by molar-refractivity contribution is 5.75. The molecule has 6 rings (SSSR count). The molecule has 1 N–H and O–H groups in total. The van der Waals surface area contributed by atoms with Crippen LogP contribution in [0.5, 0.6) is 0 Å². The summed E-state index contributed by atoms with van der Waals surface area (Å²) in [5.74, 6) is -0.0743. The van der Waals surface area contributed by atoms with Gasteiger partial charge >= 0.3 is 0 Å². The van der Waals surface area contributed by atoms with E-state index in [9.17, 15) is 9.90 Å². The Bertz CT molecular complexity index is 861. The van der Waals surface area contributed by atoms with E-state index in [2.05, 4.69) is 27.7 Å². The Morgan fingerprint density at radius 1 is 0.842 bits per heavy atom. The van der Waals surface area contributed by atoms with E-state index in [1.807, 2.05) is 0 Å². The van der Waals surface area contributed by atoms with Gasteiger partial charge in [-0.3, -0.25) is 4.79 Å². The van der Waals surface area contributed by atoms with E-state index >= 15 is 0 Å². The third kappa shape index (κ3) is 4.89. The maximum Gasteiger partial charge on any atom is 0.171 e. The van der Waals surface area contributed by atoms with Crippen LogP contribution >= 0.6 is 0 Å². The van der Waals surface area contributed by atoms with Crippen LogP contribution < -0.4 is 0 Å². The second-order valence-electron chi connectivity index (χ2n) is 13.0. The minimum atomic E-state index is -0.711. The summed E-state index contributed by atoms with van der Waals surface area (Å²) in [7, 11) is 0. The molecule has 0 amide bonds. The molecule has 6 aliphatic heterocycles. The second kappa shape index (κ2) is 10.6. The average molecular weight is 539 g/mol. The van der Waals surface area contributed by atoms with Crippen molar-refractivity contribution in [3.05, 3.63) is 0 Å². The summed E-state index contributed by atoms with van der Waals surface area (Å²) in [6.07, 6.45) is 1.48. The molecule has 0 radical (unpaired) electrons. The minimum absolute atomic E-state index is 0.0563. The quantitative estimate of drug-likeness (QED) is 0.568. The molecule has 0 aromatic carbocycles. The number of Topliss-reactive ketones (excluding diaryl/α,β-unsaturated/α-hetero) is 1. The number of ketones is 1. The number of rotatable bonds is 2. The maximum absolute atomic E-state index is 11.6. The number of aliphatic hydroxyl groups is 1. The standard InChI is InChI=1S/C29H46O9/c1-14-9-19-21(34-23-13-32-24(11-15(2)30)35-20(23)10-14)12-22-26(36-19)17(4)25(31)28-27(37-22)16(3)18(5)29(38-28)7-6-8-33-29/h14,16-28,31H,6-13H2,1-5H3/t14-,16+,17+,18+,19+,20-,21-,22+,23+,24?,25+,26-,27-,28?,29?/m1/s1. The summed E-state index contributed by atoms with van der Waals surface area (Å²) >= 11 is 0. The van der Waals surface area contributed by atoms with Gasteiger partial charge in [-0.1, -0.05) is 27.7 Å². The molecule has 0 bridgehead atoms. The number of ether oxygens (including phenoxy) is 7. The minimum Gasteiger partial charge on any atom is -0.390 e. The van der Waals surface area contributed by atoms with Gasteiger partial charge in [0.15, 0.2) is 12.1 Å². The third-order valence-electron chi connectivity index (χ3n) is 10.2. The Morgan fingerprint density at radius 3 is 2.26 bits per heavy atom. The van der Waals surface area contributed by atoms with Crippen molar-refractivity contribution in [2.24, 2.45) is 23.7 Å². The predicted octanol–water partition coefficient (Wildman–Crippen LogP) is 2.99. The van der Waals surface area contributed by atoms with Crippen molar-refractivity contribution in [3.8, 4) is 0 Å². The Morgan fingerprint density at radius 2 is 1.55 bits per heavy atom. The molecule has 0 saturated carbocycles. The first-order valence-corrected chi connectivity index (χ1v) is 14.9. The van der Waals surface area contributed by atoms with Crippen molar-refractivity contribution in [2.45, 2.75) is 140 Å². The van der Waals surface area contributed by atoms with Crippen LogP contribution in [0.3, 0.4) is 0 Å². The van der Waals surface area contributed by atoms with Crippen molar-refractivity contribution in [1.82, 2.24) is 0 Å². The highest BCUT2D eigenvalue weighted by Crippen LogP contribution is 2.50. The predicted molar refractivity (Wildman–Crippen MR) is 135 cm³/mol. The fourth-order valence-corrected chi connectivity index (χ4v) is 7.90. The number of carbonyl (C=O) groups is 1. The lowest BCUT2D eigenvalue weighted by atomic mass is 9.76. The van der Waals surface area contributed by atoms with Gasteiger partial charge in [-0.2, -0.15) is 0 Å². The lowest BCUT2D eigenvalue weighted by Crippen LogP contribution is -2.60. The SMILES string of the molecule is CC(=O)CC1OC[C@@H]2O[C@@H]3C[C@@H]4O[C@H]5C(OC6(CCCO6)[C@@H](C)[C@@H]5C)[C@@H](O)[C@H](C)[C@H]4O[C@H]3C[C@@H](C)C[C@H]2O1. The molecule has 9 heteroatoms. The summed E-state index contributed by atoms with van der Waals surface area (Å²) in [6.45, 7) is 11.3. The van der Waals surface area contributed by atoms with E-state index in [1.165, 1.54) is 0 Å². The van der Waals surface area contributed by atoms with Crippen molar-refractivity contribution in [1.29, 1.82) is 0 Å². The molecule has 6 fully saturated rings. The smallest absolute Gasteiger partial charge is 0.171 e. The summed E-state index contributed by atoms with van der Waals surface area (Å²) in [5, 5.41) is 11.6. The first-order chi connectivity index (χ1) is 18.1. The number of aliphatic hydroxyl groups excluding tert-OH is 1. The molecule has 6 heterocycles. The van der Waals surface area contributed by atoms with Gasteiger partial charge in [0.2, 0.25) is 0 Å². The summed E-state index contributed by atoms with van der Waals surface area (Å²) in [4.78, 5) is 11.6. The maximum atomic E-state index is 11.6. The molecule has 6 saturated heterocycles. The molecule has 1 spiro atoms.